The zero-order valence-corrected chi connectivity index (χ0v) is 14.9. The summed E-state index contributed by atoms with van der Waals surface area (Å²) in [5, 5.41) is 3.31. The van der Waals surface area contributed by atoms with Gasteiger partial charge in [0.2, 0.25) is 0 Å². The predicted octanol–water partition coefficient (Wildman–Crippen LogP) is 3.90. The fraction of sp³-hybridized carbons (Fsp3) is 0.750. The van der Waals surface area contributed by atoms with E-state index in [-0.39, 0.29) is 12.4 Å². The van der Waals surface area contributed by atoms with Gasteiger partial charge in [0.15, 0.2) is 0 Å². The molecule has 0 amide bonds. The Kier molecular flexibility index (Phi) is 6.99. The van der Waals surface area contributed by atoms with Gasteiger partial charge in [-0.25, -0.2) is 0 Å². The second-order valence-electron chi connectivity index (χ2n) is 6.79. The fourth-order valence-electron chi connectivity index (χ4n) is 2.72. The van der Waals surface area contributed by atoms with Crippen molar-refractivity contribution in [3.8, 4) is 0 Å². The lowest BCUT2D eigenvalue weighted by molar-refractivity contribution is 0.178. The van der Waals surface area contributed by atoms with Crippen LogP contribution in [0, 0.1) is 5.92 Å². The number of nitrogens with one attached hydrogen (secondary N) is 1. The minimum absolute atomic E-state index is 0. The van der Waals surface area contributed by atoms with E-state index in [9.17, 15) is 0 Å². The van der Waals surface area contributed by atoms with Crippen molar-refractivity contribution in [2.24, 2.45) is 5.92 Å². The van der Waals surface area contributed by atoms with Crippen molar-refractivity contribution in [1.29, 1.82) is 0 Å². The van der Waals surface area contributed by atoms with E-state index in [2.05, 4.69) is 50.2 Å². The molecule has 1 aromatic rings. The Labute approximate surface area is 134 Å². The molecule has 1 aliphatic rings. The van der Waals surface area contributed by atoms with Crippen LogP contribution in [0.4, 0.5) is 0 Å². The van der Waals surface area contributed by atoms with Crippen LogP contribution in [0.2, 0.25) is 0 Å². The standard InChI is InChI=1S/C16H28N2S.ClH/c1-16(2,3)15-6-5-14(19-15)12-18-9-7-13(8-10-18)11-17-4;/h5-6,13,17H,7-12H2,1-4H3;1H. The van der Waals surface area contributed by atoms with Crippen LogP contribution in [-0.4, -0.2) is 31.6 Å². The monoisotopic (exact) mass is 316 g/mol. The molecule has 20 heavy (non-hydrogen) atoms. The molecule has 0 radical (unpaired) electrons. The number of hydrogen-bond acceptors (Lipinski definition) is 3. The molecule has 1 fully saturated rings. The van der Waals surface area contributed by atoms with E-state index in [4.69, 9.17) is 0 Å². The number of likely N-dealkylation sites (tertiary alicyclic amines) is 1. The normalized spacial score (nSPS) is 18.0. The quantitative estimate of drug-likeness (QED) is 0.906. The third kappa shape index (κ3) is 5.03. The molecular formula is C16H29ClN2S. The van der Waals surface area contributed by atoms with Crippen LogP contribution in [0.5, 0.6) is 0 Å². The second kappa shape index (κ2) is 7.79. The summed E-state index contributed by atoms with van der Waals surface area (Å²) in [6.45, 7) is 11.7. The minimum atomic E-state index is 0. The van der Waals surface area contributed by atoms with Gasteiger partial charge in [-0.05, 0) is 63.0 Å². The molecule has 0 bridgehead atoms. The van der Waals surface area contributed by atoms with Crippen LogP contribution in [0.3, 0.4) is 0 Å². The van der Waals surface area contributed by atoms with E-state index in [1.807, 2.05) is 11.3 Å². The van der Waals surface area contributed by atoms with Gasteiger partial charge in [0, 0.05) is 16.3 Å². The molecule has 4 heteroatoms. The van der Waals surface area contributed by atoms with E-state index in [0.717, 1.165) is 12.5 Å². The van der Waals surface area contributed by atoms with Gasteiger partial charge in [-0.1, -0.05) is 20.8 Å². The lowest BCUT2D eigenvalue weighted by Crippen LogP contribution is -2.36. The number of piperidine rings is 1. The van der Waals surface area contributed by atoms with E-state index in [1.165, 1.54) is 42.2 Å². The maximum absolute atomic E-state index is 3.31. The Hall–Kier alpha value is -0.0900. The van der Waals surface area contributed by atoms with Gasteiger partial charge < -0.3 is 5.32 Å². The van der Waals surface area contributed by atoms with E-state index in [0.29, 0.717) is 5.41 Å². The Morgan fingerprint density at radius 1 is 1.25 bits per heavy atom. The molecule has 2 rings (SSSR count). The highest BCUT2D eigenvalue weighted by atomic mass is 35.5. The first-order valence-corrected chi connectivity index (χ1v) is 8.27. The molecule has 1 aliphatic heterocycles. The number of hydrogen-bond donors (Lipinski definition) is 1. The highest BCUT2D eigenvalue weighted by molar-refractivity contribution is 7.12. The summed E-state index contributed by atoms with van der Waals surface area (Å²) in [4.78, 5) is 5.65. The molecule has 0 unspecified atom stereocenters. The zero-order chi connectivity index (χ0) is 13.9. The number of halogens is 1. The van der Waals surface area contributed by atoms with Crippen LogP contribution in [0.15, 0.2) is 12.1 Å². The highest BCUT2D eigenvalue weighted by Gasteiger charge is 2.20. The molecular weight excluding hydrogens is 288 g/mol. The third-order valence-electron chi connectivity index (χ3n) is 3.98. The van der Waals surface area contributed by atoms with Crippen LogP contribution >= 0.6 is 23.7 Å². The van der Waals surface area contributed by atoms with Crippen molar-refractivity contribution in [3.63, 3.8) is 0 Å². The highest BCUT2D eigenvalue weighted by Crippen LogP contribution is 2.30. The van der Waals surface area contributed by atoms with Crippen LogP contribution in [0.1, 0.15) is 43.4 Å². The first-order chi connectivity index (χ1) is 8.99. The molecule has 1 aromatic heterocycles. The maximum Gasteiger partial charge on any atom is 0.0328 e. The Morgan fingerprint density at radius 3 is 2.40 bits per heavy atom. The molecule has 1 saturated heterocycles. The number of rotatable bonds is 4. The van der Waals surface area contributed by atoms with Crippen molar-refractivity contribution < 1.29 is 0 Å². The van der Waals surface area contributed by atoms with Gasteiger partial charge in [-0.3, -0.25) is 4.90 Å². The molecule has 0 saturated carbocycles. The summed E-state index contributed by atoms with van der Waals surface area (Å²) in [6, 6.07) is 4.64. The first kappa shape index (κ1) is 18.0. The average Bonchev–Trinajstić information content (AvgIpc) is 2.80. The lowest BCUT2D eigenvalue weighted by atomic mass is 9.95. The van der Waals surface area contributed by atoms with E-state index >= 15 is 0 Å². The lowest BCUT2D eigenvalue weighted by Gasteiger charge is -2.31. The fourth-order valence-corrected chi connectivity index (χ4v) is 3.83. The summed E-state index contributed by atoms with van der Waals surface area (Å²) in [5.74, 6) is 0.884. The zero-order valence-electron chi connectivity index (χ0n) is 13.2. The molecule has 0 atom stereocenters. The molecule has 2 nitrogen and oxygen atoms in total. The van der Waals surface area contributed by atoms with Crippen molar-refractivity contribution in [2.75, 3.05) is 26.7 Å². The topological polar surface area (TPSA) is 15.3 Å². The van der Waals surface area contributed by atoms with Gasteiger partial charge in [0.05, 0.1) is 0 Å². The number of thiophene rings is 1. The van der Waals surface area contributed by atoms with Crippen LogP contribution in [0.25, 0.3) is 0 Å². The Bertz CT molecular complexity index is 389. The molecule has 0 aliphatic carbocycles. The minimum Gasteiger partial charge on any atom is -0.319 e. The molecule has 0 aromatic carbocycles. The van der Waals surface area contributed by atoms with E-state index in [1.54, 1.807) is 0 Å². The van der Waals surface area contributed by atoms with Crippen molar-refractivity contribution in [3.05, 3.63) is 21.9 Å². The van der Waals surface area contributed by atoms with Gasteiger partial charge >= 0.3 is 0 Å². The molecule has 116 valence electrons. The van der Waals surface area contributed by atoms with Crippen molar-refractivity contribution in [1.82, 2.24) is 10.2 Å². The summed E-state index contributed by atoms with van der Waals surface area (Å²) < 4.78 is 0. The maximum atomic E-state index is 3.31. The van der Waals surface area contributed by atoms with Gasteiger partial charge in [0.1, 0.15) is 0 Å². The summed E-state index contributed by atoms with van der Waals surface area (Å²) in [7, 11) is 2.06. The van der Waals surface area contributed by atoms with Crippen LogP contribution < -0.4 is 5.32 Å². The molecule has 0 spiro atoms. The smallest absolute Gasteiger partial charge is 0.0328 e. The van der Waals surface area contributed by atoms with Gasteiger partial charge in [-0.15, -0.1) is 23.7 Å². The first-order valence-electron chi connectivity index (χ1n) is 7.45. The molecule has 2 heterocycles. The predicted molar refractivity (Wildman–Crippen MR) is 92.2 cm³/mol. The van der Waals surface area contributed by atoms with Crippen molar-refractivity contribution >= 4 is 23.7 Å². The second-order valence-corrected chi connectivity index (χ2v) is 7.96. The van der Waals surface area contributed by atoms with Gasteiger partial charge in [-0.2, -0.15) is 0 Å². The number of nitrogens with zero attached hydrogens (tertiary/aromatic N) is 1. The Balaban J connectivity index is 0.00000200. The average molecular weight is 317 g/mol. The summed E-state index contributed by atoms with van der Waals surface area (Å²) in [5.41, 5.74) is 0.294. The van der Waals surface area contributed by atoms with Crippen LogP contribution in [-0.2, 0) is 12.0 Å². The largest absolute Gasteiger partial charge is 0.319 e. The Morgan fingerprint density at radius 2 is 1.90 bits per heavy atom. The van der Waals surface area contributed by atoms with E-state index < -0.39 is 0 Å². The third-order valence-corrected chi connectivity index (χ3v) is 5.48. The van der Waals surface area contributed by atoms with Crippen molar-refractivity contribution in [2.45, 2.75) is 45.6 Å². The summed E-state index contributed by atoms with van der Waals surface area (Å²) in [6.07, 6.45) is 2.69. The van der Waals surface area contributed by atoms with Gasteiger partial charge in [0.25, 0.3) is 0 Å². The molecule has 1 N–H and O–H groups in total. The summed E-state index contributed by atoms with van der Waals surface area (Å²) >= 11 is 1.99. The SMILES string of the molecule is CNCC1CCN(Cc2ccc(C(C)(C)C)s2)CC1.Cl.